The van der Waals surface area contributed by atoms with Crippen molar-refractivity contribution in [1.29, 1.82) is 0 Å². The fourth-order valence-corrected chi connectivity index (χ4v) is 2.83. The minimum Gasteiger partial charge on any atom is -0.338 e. The molecule has 0 bridgehead atoms. The predicted octanol–water partition coefficient (Wildman–Crippen LogP) is 3.47. The van der Waals surface area contributed by atoms with Gasteiger partial charge in [-0.15, -0.1) is 0 Å². The first kappa shape index (κ1) is 15.6. The topological polar surface area (TPSA) is 59.0 Å². The van der Waals surface area contributed by atoms with Gasteiger partial charge in [-0.1, -0.05) is 15.9 Å². The second-order valence-corrected chi connectivity index (χ2v) is 5.87. The van der Waals surface area contributed by atoms with Crippen LogP contribution in [0.1, 0.15) is 17.5 Å². The van der Waals surface area contributed by atoms with Crippen molar-refractivity contribution in [3.8, 4) is 0 Å². The van der Waals surface area contributed by atoms with Gasteiger partial charge in [-0.25, -0.2) is 9.78 Å². The van der Waals surface area contributed by atoms with Gasteiger partial charge in [-0.2, -0.15) is 0 Å². The van der Waals surface area contributed by atoms with Crippen LogP contribution in [0, 0.1) is 13.8 Å². The van der Waals surface area contributed by atoms with Crippen molar-refractivity contribution in [3.63, 3.8) is 0 Å². The zero-order valence-corrected chi connectivity index (χ0v) is 13.8. The van der Waals surface area contributed by atoms with Gasteiger partial charge >= 0.3 is 6.03 Å². The van der Waals surface area contributed by atoms with Crippen molar-refractivity contribution >= 4 is 27.6 Å². The Balaban J connectivity index is 1.79. The summed E-state index contributed by atoms with van der Waals surface area (Å²) in [5.74, 6) is 0. The van der Waals surface area contributed by atoms with Gasteiger partial charge in [-0.05, 0) is 43.5 Å². The lowest BCUT2D eigenvalue weighted by atomic mass is 10.1. The molecule has 2 N–H and O–H groups in total. The minimum absolute atomic E-state index is 0.172. The van der Waals surface area contributed by atoms with E-state index >= 15 is 0 Å². The Morgan fingerprint density at radius 1 is 1.33 bits per heavy atom. The summed E-state index contributed by atoms with van der Waals surface area (Å²) in [6.45, 7) is 5.42. The maximum absolute atomic E-state index is 11.9. The molecule has 0 unspecified atom stereocenters. The number of hydrogen-bond acceptors (Lipinski definition) is 2. The van der Waals surface area contributed by atoms with E-state index in [0.717, 1.165) is 34.3 Å². The van der Waals surface area contributed by atoms with Crippen molar-refractivity contribution in [2.24, 2.45) is 0 Å². The Morgan fingerprint density at radius 3 is 2.67 bits per heavy atom. The number of rotatable bonds is 5. The molecule has 0 fully saturated rings. The van der Waals surface area contributed by atoms with Gasteiger partial charge in [0.05, 0.1) is 6.33 Å². The standard InChI is InChI=1S/C15H19BrN4O/c1-11-8-13(16)9-12(2)14(11)19-15(21)18-4-3-6-20-7-5-17-10-20/h5,7-10H,3-4,6H2,1-2H3,(H2,18,19,21). The van der Waals surface area contributed by atoms with E-state index in [-0.39, 0.29) is 6.03 Å². The van der Waals surface area contributed by atoms with E-state index in [1.165, 1.54) is 0 Å². The SMILES string of the molecule is Cc1cc(Br)cc(C)c1NC(=O)NCCCn1ccnc1. The summed E-state index contributed by atoms with van der Waals surface area (Å²) in [5, 5.41) is 5.78. The van der Waals surface area contributed by atoms with Crippen LogP contribution in [-0.4, -0.2) is 22.1 Å². The summed E-state index contributed by atoms with van der Waals surface area (Å²) in [6, 6.07) is 3.80. The lowest BCUT2D eigenvalue weighted by Gasteiger charge is -2.13. The molecule has 0 atom stereocenters. The van der Waals surface area contributed by atoms with Gasteiger partial charge in [0.25, 0.3) is 0 Å². The van der Waals surface area contributed by atoms with Gasteiger partial charge in [0, 0.05) is 35.6 Å². The fourth-order valence-electron chi connectivity index (χ4n) is 2.15. The molecule has 2 aromatic rings. The Labute approximate surface area is 132 Å². The number of halogens is 1. The average molecular weight is 351 g/mol. The second-order valence-electron chi connectivity index (χ2n) is 4.95. The number of urea groups is 1. The van der Waals surface area contributed by atoms with Crippen LogP contribution in [0.3, 0.4) is 0 Å². The molecule has 0 radical (unpaired) electrons. The highest BCUT2D eigenvalue weighted by Gasteiger charge is 2.07. The van der Waals surface area contributed by atoms with Gasteiger partial charge in [0.1, 0.15) is 0 Å². The van der Waals surface area contributed by atoms with E-state index in [1.807, 2.05) is 36.7 Å². The first-order chi connectivity index (χ1) is 10.1. The van der Waals surface area contributed by atoms with Crippen LogP contribution in [0.25, 0.3) is 0 Å². The number of carbonyl (C=O) groups excluding carboxylic acids is 1. The van der Waals surface area contributed by atoms with Crippen LogP contribution < -0.4 is 10.6 Å². The number of benzene rings is 1. The molecule has 0 saturated carbocycles. The lowest BCUT2D eigenvalue weighted by Crippen LogP contribution is -2.30. The van der Waals surface area contributed by atoms with Crippen LogP contribution in [0.5, 0.6) is 0 Å². The van der Waals surface area contributed by atoms with E-state index in [0.29, 0.717) is 6.54 Å². The fraction of sp³-hybridized carbons (Fsp3) is 0.333. The molecule has 0 saturated heterocycles. The first-order valence-corrected chi connectivity index (χ1v) is 7.63. The first-order valence-electron chi connectivity index (χ1n) is 6.83. The quantitative estimate of drug-likeness (QED) is 0.811. The number of carbonyl (C=O) groups is 1. The van der Waals surface area contributed by atoms with E-state index in [4.69, 9.17) is 0 Å². The highest BCUT2D eigenvalue weighted by molar-refractivity contribution is 9.10. The molecule has 0 aliphatic rings. The normalized spacial score (nSPS) is 10.4. The molecule has 2 amide bonds. The molecule has 0 aliphatic heterocycles. The smallest absolute Gasteiger partial charge is 0.319 e. The monoisotopic (exact) mass is 350 g/mol. The van der Waals surface area contributed by atoms with Crippen molar-refractivity contribution in [1.82, 2.24) is 14.9 Å². The number of amides is 2. The number of imidazole rings is 1. The molecule has 6 heteroatoms. The molecule has 1 heterocycles. The van der Waals surface area contributed by atoms with Crippen LogP contribution >= 0.6 is 15.9 Å². The molecule has 5 nitrogen and oxygen atoms in total. The largest absolute Gasteiger partial charge is 0.338 e. The summed E-state index contributed by atoms with van der Waals surface area (Å²) in [4.78, 5) is 15.9. The van der Waals surface area contributed by atoms with Crippen LogP contribution in [0.2, 0.25) is 0 Å². The van der Waals surface area contributed by atoms with Gasteiger partial charge < -0.3 is 15.2 Å². The molecule has 1 aromatic carbocycles. The second kappa shape index (κ2) is 7.26. The molecular formula is C15H19BrN4O. The summed E-state index contributed by atoms with van der Waals surface area (Å²) >= 11 is 3.45. The van der Waals surface area contributed by atoms with E-state index < -0.39 is 0 Å². The minimum atomic E-state index is -0.172. The maximum atomic E-state index is 11.9. The van der Waals surface area contributed by atoms with E-state index in [1.54, 1.807) is 12.5 Å². The highest BCUT2D eigenvalue weighted by atomic mass is 79.9. The third-order valence-corrected chi connectivity index (χ3v) is 3.63. The Bertz CT molecular complexity index is 587. The summed E-state index contributed by atoms with van der Waals surface area (Å²) < 4.78 is 3.01. The van der Waals surface area contributed by atoms with Crippen LogP contribution in [0.15, 0.2) is 35.3 Å². The third-order valence-electron chi connectivity index (χ3n) is 3.17. The van der Waals surface area contributed by atoms with Gasteiger partial charge in [0.2, 0.25) is 0 Å². The number of nitrogens with one attached hydrogen (secondary N) is 2. The van der Waals surface area contributed by atoms with Gasteiger partial charge in [0.15, 0.2) is 0 Å². The third kappa shape index (κ3) is 4.60. The van der Waals surface area contributed by atoms with Crippen molar-refractivity contribution < 1.29 is 4.79 Å². The molecular weight excluding hydrogens is 332 g/mol. The van der Waals surface area contributed by atoms with Crippen LogP contribution in [0.4, 0.5) is 10.5 Å². The van der Waals surface area contributed by atoms with Crippen molar-refractivity contribution in [2.45, 2.75) is 26.8 Å². The zero-order chi connectivity index (χ0) is 15.2. The number of nitrogens with zero attached hydrogens (tertiary/aromatic N) is 2. The molecule has 21 heavy (non-hydrogen) atoms. The number of hydrogen-bond donors (Lipinski definition) is 2. The Hall–Kier alpha value is -1.82. The molecule has 112 valence electrons. The number of aromatic nitrogens is 2. The van der Waals surface area contributed by atoms with Crippen molar-refractivity contribution in [3.05, 3.63) is 46.5 Å². The maximum Gasteiger partial charge on any atom is 0.319 e. The highest BCUT2D eigenvalue weighted by Crippen LogP contribution is 2.24. The zero-order valence-electron chi connectivity index (χ0n) is 12.2. The van der Waals surface area contributed by atoms with Gasteiger partial charge in [-0.3, -0.25) is 0 Å². The van der Waals surface area contributed by atoms with Crippen molar-refractivity contribution in [2.75, 3.05) is 11.9 Å². The van der Waals surface area contributed by atoms with E-state index in [9.17, 15) is 4.79 Å². The molecule has 0 aliphatic carbocycles. The molecule has 0 spiro atoms. The number of aryl methyl sites for hydroxylation is 3. The summed E-state index contributed by atoms with van der Waals surface area (Å²) in [7, 11) is 0. The number of anilines is 1. The van der Waals surface area contributed by atoms with E-state index in [2.05, 4.69) is 31.5 Å². The molecule has 1 aromatic heterocycles. The Morgan fingerprint density at radius 2 is 2.05 bits per heavy atom. The van der Waals surface area contributed by atoms with Crippen LogP contribution in [-0.2, 0) is 6.54 Å². The summed E-state index contributed by atoms with van der Waals surface area (Å²) in [5.41, 5.74) is 2.94. The molecule has 2 rings (SSSR count). The Kier molecular flexibility index (Phi) is 5.38. The summed E-state index contributed by atoms with van der Waals surface area (Å²) in [6.07, 6.45) is 6.30. The lowest BCUT2D eigenvalue weighted by molar-refractivity contribution is 0.252. The predicted molar refractivity (Wildman–Crippen MR) is 87.5 cm³/mol. The average Bonchev–Trinajstić information content (AvgIpc) is 2.92.